The smallest absolute Gasteiger partial charge is 0.0708 e. The first-order chi connectivity index (χ1) is 6.19. The van der Waals surface area contributed by atoms with Gasteiger partial charge in [0.2, 0.25) is 0 Å². The second-order valence-corrected chi connectivity index (χ2v) is 2.41. The third kappa shape index (κ3) is 3.56. The zero-order valence-electron chi connectivity index (χ0n) is 8.30. The number of likely N-dealkylation sites (N-methyl/N-ethyl adjacent to an activating group) is 1. The number of rotatable bonds is 5. The molecule has 70 valence electrons. The summed E-state index contributed by atoms with van der Waals surface area (Å²) in [4.78, 5) is 3.85. The van der Waals surface area contributed by atoms with Gasteiger partial charge in [-0.3, -0.25) is 4.99 Å². The Bertz CT molecular complexity index is 270. The van der Waals surface area contributed by atoms with Crippen LogP contribution < -0.4 is 5.32 Å². The van der Waals surface area contributed by atoms with E-state index in [0.29, 0.717) is 0 Å². The highest BCUT2D eigenvalue weighted by Gasteiger charge is 1.96. The molecule has 0 unspecified atom stereocenters. The predicted molar refractivity (Wildman–Crippen MR) is 59.8 cm³/mol. The summed E-state index contributed by atoms with van der Waals surface area (Å²) in [5.74, 6) is 0. The molecular weight excluding hydrogens is 160 g/mol. The van der Waals surface area contributed by atoms with Crippen LogP contribution >= 0.6 is 0 Å². The number of aliphatic imine (C=N–C) groups is 1. The van der Waals surface area contributed by atoms with Gasteiger partial charge in [-0.05, 0) is 25.3 Å². The maximum atomic E-state index is 3.85. The van der Waals surface area contributed by atoms with Gasteiger partial charge in [0.1, 0.15) is 0 Å². The molecule has 0 heterocycles. The van der Waals surface area contributed by atoms with Crippen LogP contribution in [0.25, 0.3) is 0 Å². The second-order valence-electron chi connectivity index (χ2n) is 2.41. The maximum Gasteiger partial charge on any atom is 0.0708 e. The van der Waals surface area contributed by atoms with E-state index in [1.54, 1.807) is 6.08 Å². The monoisotopic (exact) mass is 176 g/mol. The van der Waals surface area contributed by atoms with Crippen molar-refractivity contribution in [3.8, 4) is 0 Å². The maximum absolute atomic E-state index is 3.85. The topological polar surface area (TPSA) is 24.4 Å². The molecule has 0 fully saturated rings. The molecule has 0 aromatic heterocycles. The van der Waals surface area contributed by atoms with Crippen molar-refractivity contribution in [3.63, 3.8) is 0 Å². The number of allylic oxidation sites excluding steroid dienone is 3. The van der Waals surface area contributed by atoms with Gasteiger partial charge in [-0.2, -0.15) is 0 Å². The third-order valence-electron chi connectivity index (χ3n) is 1.64. The summed E-state index contributed by atoms with van der Waals surface area (Å²) in [6, 6.07) is 0. The first kappa shape index (κ1) is 11.4. The Balaban J connectivity index is 4.85. The summed E-state index contributed by atoms with van der Waals surface area (Å²) in [5.41, 5.74) is 2.48. The van der Waals surface area contributed by atoms with Crippen molar-refractivity contribution in [2.24, 2.45) is 4.99 Å². The van der Waals surface area contributed by atoms with Gasteiger partial charge in [0.05, 0.1) is 5.70 Å². The highest BCUT2D eigenvalue weighted by molar-refractivity contribution is 5.44. The van der Waals surface area contributed by atoms with Crippen molar-refractivity contribution < 1.29 is 0 Å². The fourth-order valence-electron chi connectivity index (χ4n) is 0.792. The molecule has 2 nitrogen and oxygen atoms in total. The van der Waals surface area contributed by atoms with Crippen LogP contribution in [0, 0.1) is 0 Å². The lowest BCUT2D eigenvalue weighted by Gasteiger charge is -2.03. The van der Waals surface area contributed by atoms with E-state index in [-0.39, 0.29) is 0 Å². The molecule has 0 aromatic carbocycles. The quantitative estimate of drug-likeness (QED) is 0.505. The highest BCUT2D eigenvalue weighted by Crippen LogP contribution is 2.11. The largest absolute Gasteiger partial charge is 0.388 e. The molecule has 1 N–H and O–H groups in total. The lowest BCUT2D eigenvalue weighted by molar-refractivity contribution is 1.02. The van der Waals surface area contributed by atoms with Crippen LogP contribution in [0.5, 0.6) is 0 Å². The van der Waals surface area contributed by atoms with Crippen LogP contribution in [-0.4, -0.2) is 13.8 Å². The van der Waals surface area contributed by atoms with Crippen molar-refractivity contribution in [2.45, 2.75) is 6.92 Å². The average molecular weight is 176 g/mol. The Labute approximate surface area is 80.1 Å². The van der Waals surface area contributed by atoms with Crippen molar-refractivity contribution in [2.75, 3.05) is 7.05 Å². The molecule has 0 rings (SSSR count). The van der Waals surface area contributed by atoms with Gasteiger partial charge in [-0.1, -0.05) is 25.3 Å². The van der Waals surface area contributed by atoms with E-state index in [0.717, 1.165) is 17.0 Å². The minimum absolute atomic E-state index is 0.734. The van der Waals surface area contributed by atoms with Crippen LogP contribution in [0.2, 0.25) is 0 Å². The zero-order chi connectivity index (χ0) is 10.3. The molecule has 0 radical (unpaired) electrons. The van der Waals surface area contributed by atoms with E-state index < -0.39 is 0 Å². The lowest BCUT2D eigenvalue weighted by atomic mass is 10.2. The van der Waals surface area contributed by atoms with Crippen molar-refractivity contribution in [3.05, 3.63) is 48.4 Å². The summed E-state index contributed by atoms with van der Waals surface area (Å²) in [6.07, 6.45) is 5.47. The fraction of sp³-hybridized carbons (Fsp3) is 0.182. The second kappa shape index (κ2) is 6.00. The van der Waals surface area contributed by atoms with Crippen molar-refractivity contribution in [1.29, 1.82) is 0 Å². The first-order valence-electron chi connectivity index (χ1n) is 4.03. The Morgan fingerprint density at radius 1 is 1.46 bits per heavy atom. The number of hydrogen-bond donors (Lipinski definition) is 1. The number of hydrogen-bond acceptors (Lipinski definition) is 2. The van der Waals surface area contributed by atoms with Crippen LogP contribution in [0.3, 0.4) is 0 Å². The Hall–Kier alpha value is -1.57. The molecular formula is C11H16N2. The van der Waals surface area contributed by atoms with Crippen LogP contribution in [0.4, 0.5) is 0 Å². The van der Waals surface area contributed by atoms with Gasteiger partial charge in [-0.15, -0.1) is 0 Å². The molecule has 0 aliphatic heterocycles. The molecule has 0 spiro atoms. The highest BCUT2D eigenvalue weighted by atomic mass is 14.8. The standard InChI is InChI=1S/C11H16N2/c1-6-9(3)11(13-5)8-10(7-2)12-4/h6-8,12H,1,3,5H2,2,4H3/b10-7+,11-8+. The average Bonchev–Trinajstić information content (AvgIpc) is 2.19. The van der Waals surface area contributed by atoms with E-state index >= 15 is 0 Å². The summed E-state index contributed by atoms with van der Waals surface area (Å²) in [7, 11) is 1.85. The van der Waals surface area contributed by atoms with Crippen molar-refractivity contribution >= 4 is 6.72 Å². The van der Waals surface area contributed by atoms with E-state index in [1.165, 1.54) is 0 Å². The molecule has 0 saturated carbocycles. The van der Waals surface area contributed by atoms with Gasteiger partial charge in [0.25, 0.3) is 0 Å². The predicted octanol–water partition coefficient (Wildman–Crippen LogP) is 2.44. The van der Waals surface area contributed by atoms with Crippen LogP contribution in [0.15, 0.2) is 53.3 Å². The molecule has 0 saturated heterocycles. The summed E-state index contributed by atoms with van der Waals surface area (Å²) in [6.45, 7) is 12.8. The van der Waals surface area contributed by atoms with Crippen LogP contribution in [0.1, 0.15) is 6.92 Å². The Morgan fingerprint density at radius 2 is 2.08 bits per heavy atom. The molecule has 0 aliphatic rings. The summed E-state index contributed by atoms with van der Waals surface area (Å²) >= 11 is 0. The number of nitrogens with one attached hydrogen (secondary N) is 1. The lowest BCUT2D eigenvalue weighted by Crippen LogP contribution is -2.03. The van der Waals surface area contributed by atoms with Crippen LogP contribution in [-0.2, 0) is 0 Å². The van der Waals surface area contributed by atoms with E-state index in [4.69, 9.17) is 0 Å². The molecule has 13 heavy (non-hydrogen) atoms. The minimum atomic E-state index is 0.734. The van der Waals surface area contributed by atoms with Gasteiger partial charge >= 0.3 is 0 Å². The molecule has 2 heteroatoms. The molecule has 0 bridgehead atoms. The Morgan fingerprint density at radius 3 is 2.38 bits per heavy atom. The van der Waals surface area contributed by atoms with E-state index in [9.17, 15) is 0 Å². The Kier molecular flexibility index (Phi) is 5.28. The number of nitrogens with zero attached hydrogens (tertiary/aromatic N) is 1. The molecule has 0 amide bonds. The van der Waals surface area contributed by atoms with E-state index in [2.05, 4.69) is 30.2 Å². The first-order valence-corrected chi connectivity index (χ1v) is 4.03. The summed E-state index contributed by atoms with van der Waals surface area (Å²) < 4.78 is 0. The normalized spacial score (nSPS) is 12.2. The SMILES string of the molecule is C=CC(=C)/C(=C\C(=C/C)NC)N=C. The minimum Gasteiger partial charge on any atom is -0.388 e. The van der Waals surface area contributed by atoms with E-state index in [1.807, 2.05) is 26.1 Å². The third-order valence-corrected chi connectivity index (χ3v) is 1.64. The summed E-state index contributed by atoms with van der Waals surface area (Å²) in [5, 5.41) is 3.02. The van der Waals surface area contributed by atoms with Gasteiger partial charge in [0, 0.05) is 12.7 Å². The molecule has 0 aromatic rings. The fourth-order valence-corrected chi connectivity index (χ4v) is 0.792. The molecule has 0 aliphatic carbocycles. The van der Waals surface area contributed by atoms with Gasteiger partial charge < -0.3 is 5.32 Å². The van der Waals surface area contributed by atoms with Crippen molar-refractivity contribution in [1.82, 2.24) is 5.32 Å². The van der Waals surface area contributed by atoms with Gasteiger partial charge in [-0.25, -0.2) is 0 Å². The molecule has 0 atom stereocenters. The zero-order valence-corrected chi connectivity index (χ0v) is 8.30. The van der Waals surface area contributed by atoms with Gasteiger partial charge in [0.15, 0.2) is 0 Å².